The first-order valence-corrected chi connectivity index (χ1v) is 5.90. The first-order valence-electron chi connectivity index (χ1n) is 5.90. The van der Waals surface area contributed by atoms with E-state index in [1.165, 1.54) is 11.1 Å². The molecule has 2 aromatic rings. The smallest absolute Gasteiger partial charge is 0.335 e. The summed E-state index contributed by atoms with van der Waals surface area (Å²) in [6.45, 7) is 3.94. The highest BCUT2D eigenvalue weighted by Gasteiger charge is 1.96. The molecule has 0 spiro atoms. The lowest BCUT2D eigenvalue weighted by Gasteiger charge is -1.90. The highest BCUT2D eigenvalue weighted by molar-refractivity contribution is 5.87. The second-order valence-electron chi connectivity index (χ2n) is 3.93. The van der Waals surface area contributed by atoms with E-state index >= 15 is 0 Å². The van der Waals surface area contributed by atoms with E-state index in [4.69, 9.17) is 15.0 Å². The molecule has 20 heavy (non-hydrogen) atoms. The predicted octanol–water partition coefficient (Wildman–Crippen LogP) is 3.39. The summed E-state index contributed by atoms with van der Waals surface area (Å²) in [6.07, 6.45) is 0. The van der Waals surface area contributed by atoms with Crippen molar-refractivity contribution in [3.63, 3.8) is 0 Å². The summed E-state index contributed by atoms with van der Waals surface area (Å²) in [6, 6.07) is 16.8. The van der Waals surface area contributed by atoms with Gasteiger partial charge in [0.1, 0.15) is 0 Å². The third-order valence-electron chi connectivity index (χ3n) is 2.24. The van der Waals surface area contributed by atoms with Gasteiger partial charge in [0, 0.05) is 0 Å². The van der Waals surface area contributed by atoms with Gasteiger partial charge in [0.2, 0.25) is 0 Å². The summed E-state index contributed by atoms with van der Waals surface area (Å²) >= 11 is 0. The van der Waals surface area contributed by atoms with Gasteiger partial charge in [-0.25, -0.2) is 4.79 Å². The van der Waals surface area contributed by atoms with Gasteiger partial charge in [-0.3, -0.25) is 4.79 Å². The molecule has 0 unspecified atom stereocenters. The van der Waals surface area contributed by atoms with Gasteiger partial charge >= 0.3 is 5.97 Å². The van der Waals surface area contributed by atoms with Crippen LogP contribution in [0.3, 0.4) is 0 Å². The van der Waals surface area contributed by atoms with Crippen LogP contribution in [0, 0.1) is 13.8 Å². The van der Waals surface area contributed by atoms with E-state index < -0.39 is 5.97 Å². The van der Waals surface area contributed by atoms with Crippen LogP contribution >= 0.6 is 0 Å². The fourth-order valence-electron chi connectivity index (χ4n) is 1.22. The summed E-state index contributed by atoms with van der Waals surface area (Å²) in [5.41, 5.74) is 2.99. The molecule has 0 bridgehead atoms. The van der Waals surface area contributed by atoms with Crippen molar-refractivity contribution in [1.82, 2.24) is 0 Å². The number of carboxylic acids is 1. The molecule has 0 atom stereocenters. The zero-order valence-electron chi connectivity index (χ0n) is 11.5. The maximum atomic E-state index is 10.2. The minimum absolute atomic E-state index is 0.250. The molecule has 0 amide bonds. The van der Waals surface area contributed by atoms with Crippen molar-refractivity contribution >= 4 is 12.4 Å². The Hall–Kier alpha value is -2.62. The van der Waals surface area contributed by atoms with Crippen LogP contribution in [0.2, 0.25) is 0 Å². The monoisotopic (exact) mass is 274 g/mol. The van der Waals surface area contributed by atoms with Crippen molar-refractivity contribution in [3.05, 3.63) is 71.3 Å². The Kier molecular flexibility index (Phi) is 8.96. The summed E-state index contributed by atoms with van der Waals surface area (Å²) in [5.74, 6) is -0.879. The largest absolute Gasteiger partial charge is 0.483 e. The third-order valence-corrected chi connectivity index (χ3v) is 2.24. The second-order valence-corrected chi connectivity index (χ2v) is 3.93. The molecule has 0 saturated heterocycles. The SMILES string of the molecule is Cc1ccc(C)cc1.O=C(O)c1ccccc1.O=CO. The molecule has 0 aromatic heterocycles. The van der Waals surface area contributed by atoms with Crippen molar-refractivity contribution in [3.8, 4) is 0 Å². The van der Waals surface area contributed by atoms with Crippen LogP contribution in [0.25, 0.3) is 0 Å². The Bertz CT molecular complexity index is 483. The van der Waals surface area contributed by atoms with E-state index in [9.17, 15) is 4.79 Å². The number of aromatic carboxylic acids is 1. The number of benzene rings is 2. The molecule has 2 rings (SSSR count). The van der Waals surface area contributed by atoms with Gasteiger partial charge in [0.05, 0.1) is 5.56 Å². The van der Waals surface area contributed by atoms with E-state index in [1.807, 2.05) is 0 Å². The molecule has 0 fully saturated rings. The number of carbonyl (C=O) groups is 2. The molecule has 0 aliphatic rings. The van der Waals surface area contributed by atoms with Crippen molar-refractivity contribution < 1.29 is 19.8 Å². The van der Waals surface area contributed by atoms with Gasteiger partial charge in [-0.05, 0) is 26.0 Å². The van der Waals surface area contributed by atoms with Crippen molar-refractivity contribution in [1.29, 1.82) is 0 Å². The Labute approximate surface area is 118 Å². The average Bonchev–Trinajstić information content (AvgIpc) is 2.45. The zero-order chi connectivity index (χ0) is 15.4. The first kappa shape index (κ1) is 17.4. The number of carboxylic acid groups (broad SMARTS) is 2. The highest BCUT2D eigenvalue weighted by atomic mass is 16.4. The zero-order valence-corrected chi connectivity index (χ0v) is 11.5. The molecule has 0 aliphatic carbocycles. The van der Waals surface area contributed by atoms with Crippen LogP contribution < -0.4 is 0 Å². The molecule has 2 aromatic carbocycles. The lowest BCUT2D eigenvalue weighted by Crippen LogP contribution is -1.93. The molecule has 4 heteroatoms. The Morgan fingerprint density at radius 2 is 1.25 bits per heavy atom. The van der Waals surface area contributed by atoms with Gasteiger partial charge < -0.3 is 10.2 Å². The third kappa shape index (κ3) is 8.47. The first-order chi connectivity index (χ1) is 9.51. The number of hydrogen-bond acceptors (Lipinski definition) is 2. The van der Waals surface area contributed by atoms with E-state index in [1.54, 1.807) is 30.3 Å². The van der Waals surface area contributed by atoms with Crippen molar-refractivity contribution in [2.45, 2.75) is 13.8 Å². The number of hydrogen-bond donors (Lipinski definition) is 2. The molecular weight excluding hydrogens is 256 g/mol. The highest BCUT2D eigenvalue weighted by Crippen LogP contribution is 1.99. The summed E-state index contributed by atoms with van der Waals surface area (Å²) in [5, 5.41) is 15.3. The Morgan fingerprint density at radius 1 is 0.900 bits per heavy atom. The van der Waals surface area contributed by atoms with Gasteiger partial charge in [-0.15, -0.1) is 0 Å². The maximum Gasteiger partial charge on any atom is 0.335 e. The average molecular weight is 274 g/mol. The van der Waals surface area contributed by atoms with Gasteiger partial charge in [-0.1, -0.05) is 53.6 Å². The Balaban J connectivity index is 0.000000304. The topological polar surface area (TPSA) is 74.6 Å². The fourth-order valence-corrected chi connectivity index (χ4v) is 1.22. The van der Waals surface area contributed by atoms with Crippen molar-refractivity contribution in [2.75, 3.05) is 0 Å². The molecule has 0 radical (unpaired) electrons. The van der Waals surface area contributed by atoms with Crippen LogP contribution in [0.4, 0.5) is 0 Å². The van der Waals surface area contributed by atoms with E-state index in [2.05, 4.69) is 38.1 Å². The Morgan fingerprint density at radius 3 is 1.50 bits per heavy atom. The van der Waals surface area contributed by atoms with Crippen LogP contribution in [-0.2, 0) is 4.79 Å². The molecule has 0 saturated carbocycles. The minimum Gasteiger partial charge on any atom is -0.483 e. The molecular formula is C16H18O4. The number of aryl methyl sites for hydroxylation is 2. The quantitative estimate of drug-likeness (QED) is 0.782. The maximum absolute atomic E-state index is 10.2. The van der Waals surface area contributed by atoms with Crippen molar-refractivity contribution in [2.24, 2.45) is 0 Å². The van der Waals surface area contributed by atoms with Crippen LogP contribution in [0.5, 0.6) is 0 Å². The van der Waals surface area contributed by atoms with Gasteiger partial charge in [0.25, 0.3) is 6.47 Å². The fraction of sp³-hybridized carbons (Fsp3) is 0.125. The predicted molar refractivity (Wildman–Crippen MR) is 78.0 cm³/mol. The minimum atomic E-state index is -0.879. The van der Waals surface area contributed by atoms with Crippen LogP contribution in [0.1, 0.15) is 21.5 Å². The lowest BCUT2D eigenvalue weighted by molar-refractivity contribution is -0.122. The molecule has 0 heterocycles. The molecule has 2 N–H and O–H groups in total. The second kappa shape index (κ2) is 10.3. The molecule has 106 valence electrons. The summed E-state index contributed by atoms with van der Waals surface area (Å²) in [4.78, 5) is 18.6. The molecule has 4 nitrogen and oxygen atoms in total. The standard InChI is InChI=1S/C8H10.C7H6O2.CH2O2/c1-7-3-5-8(2)6-4-7;8-7(9)6-4-2-1-3-5-6;2-1-3/h3-6H,1-2H3;1-5H,(H,8,9);1H,(H,2,3). The molecule has 0 aliphatic heterocycles. The van der Waals surface area contributed by atoms with E-state index in [0.717, 1.165) is 0 Å². The van der Waals surface area contributed by atoms with Crippen LogP contribution in [0.15, 0.2) is 54.6 Å². The van der Waals surface area contributed by atoms with E-state index in [-0.39, 0.29) is 6.47 Å². The lowest BCUT2D eigenvalue weighted by atomic mass is 10.2. The summed E-state index contributed by atoms with van der Waals surface area (Å²) < 4.78 is 0. The van der Waals surface area contributed by atoms with Gasteiger partial charge in [-0.2, -0.15) is 0 Å². The van der Waals surface area contributed by atoms with E-state index in [0.29, 0.717) is 5.56 Å². The number of rotatable bonds is 1. The van der Waals surface area contributed by atoms with Crippen LogP contribution in [-0.4, -0.2) is 22.7 Å². The van der Waals surface area contributed by atoms with Gasteiger partial charge in [0.15, 0.2) is 0 Å². The summed E-state index contributed by atoms with van der Waals surface area (Å²) in [7, 11) is 0. The normalized spacial score (nSPS) is 8.30.